The summed E-state index contributed by atoms with van der Waals surface area (Å²) in [7, 11) is 0. The van der Waals surface area contributed by atoms with E-state index >= 15 is 0 Å². The van der Waals surface area contributed by atoms with Crippen LogP contribution in [0.3, 0.4) is 0 Å². The summed E-state index contributed by atoms with van der Waals surface area (Å²) in [6.07, 6.45) is 0. The smallest absolute Gasteiger partial charge is 0.137 e. The fourth-order valence-corrected chi connectivity index (χ4v) is 2.30. The lowest BCUT2D eigenvalue weighted by Crippen LogP contribution is -1.98. The van der Waals surface area contributed by atoms with Gasteiger partial charge in [-0.25, -0.2) is 4.39 Å². The van der Waals surface area contributed by atoms with E-state index in [-0.39, 0.29) is 5.82 Å². The van der Waals surface area contributed by atoms with Gasteiger partial charge in [0, 0.05) is 5.56 Å². The molecule has 17 heavy (non-hydrogen) atoms. The standard InChI is InChI=1S/C13H9BrFIO/c14-13-9(4-3-5-10(13)15)8-17-12-7-2-1-6-11(12)16/h1-7H,8H2. The van der Waals surface area contributed by atoms with Crippen LogP contribution in [-0.4, -0.2) is 0 Å². The van der Waals surface area contributed by atoms with Crippen LogP contribution in [0.15, 0.2) is 46.9 Å². The molecule has 0 heterocycles. The highest BCUT2D eigenvalue weighted by molar-refractivity contribution is 14.1. The Morgan fingerprint density at radius 2 is 1.88 bits per heavy atom. The molecule has 0 aliphatic carbocycles. The van der Waals surface area contributed by atoms with E-state index in [4.69, 9.17) is 4.74 Å². The second-order valence-corrected chi connectivity index (χ2v) is 5.39. The van der Waals surface area contributed by atoms with E-state index in [2.05, 4.69) is 38.5 Å². The minimum absolute atomic E-state index is 0.270. The number of hydrogen-bond donors (Lipinski definition) is 0. The molecule has 2 aromatic rings. The number of hydrogen-bond acceptors (Lipinski definition) is 1. The van der Waals surface area contributed by atoms with Crippen LogP contribution >= 0.6 is 38.5 Å². The minimum atomic E-state index is -0.270. The number of rotatable bonds is 3. The van der Waals surface area contributed by atoms with Gasteiger partial charge in [0.1, 0.15) is 18.2 Å². The highest BCUT2D eigenvalue weighted by Crippen LogP contribution is 2.24. The second-order valence-electron chi connectivity index (χ2n) is 3.43. The Morgan fingerprint density at radius 1 is 1.12 bits per heavy atom. The molecule has 0 aliphatic rings. The maximum absolute atomic E-state index is 13.3. The van der Waals surface area contributed by atoms with Crippen molar-refractivity contribution in [2.75, 3.05) is 0 Å². The lowest BCUT2D eigenvalue weighted by molar-refractivity contribution is 0.302. The number of halogens is 3. The predicted molar refractivity (Wildman–Crippen MR) is 77.6 cm³/mol. The quantitative estimate of drug-likeness (QED) is 0.667. The lowest BCUT2D eigenvalue weighted by atomic mass is 10.2. The summed E-state index contributed by atoms with van der Waals surface area (Å²) in [5, 5.41) is 0. The normalized spacial score (nSPS) is 10.3. The first-order valence-electron chi connectivity index (χ1n) is 4.98. The van der Waals surface area contributed by atoms with E-state index in [1.165, 1.54) is 6.07 Å². The van der Waals surface area contributed by atoms with E-state index in [1.54, 1.807) is 6.07 Å². The van der Waals surface area contributed by atoms with Crippen LogP contribution < -0.4 is 4.74 Å². The van der Waals surface area contributed by atoms with Gasteiger partial charge in [-0.3, -0.25) is 0 Å². The van der Waals surface area contributed by atoms with Crippen molar-refractivity contribution in [2.24, 2.45) is 0 Å². The Bertz CT molecular complexity index is 531. The molecule has 2 rings (SSSR count). The van der Waals surface area contributed by atoms with Crippen LogP contribution in [0, 0.1) is 9.39 Å². The zero-order valence-electron chi connectivity index (χ0n) is 8.79. The molecule has 0 N–H and O–H groups in total. The lowest BCUT2D eigenvalue weighted by Gasteiger charge is -2.09. The molecule has 2 aromatic carbocycles. The van der Waals surface area contributed by atoms with E-state index in [0.29, 0.717) is 11.1 Å². The molecule has 88 valence electrons. The summed E-state index contributed by atoms with van der Waals surface area (Å²) in [6.45, 7) is 0.346. The fraction of sp³-hybridized carbons (Fsp3) is 0.0769. The summed E-state index contributed by atoms with van der Waals surface area (Å²) in [4.78, 5) is 0. The maximum atomic E-state index is 13.3. The maximum Gasteiger partial charge on any atom is 0.137 e. The SMILES string of the molecule is Fc1cccc(COc2ccccc2I)c1Br. The molecule has 0 saturated heterocycles. The van der Waals surface area contributed by atoms with Crippen molar-refractivity contribution in [1.29, 1.82) is 0 Å². The van der Waals surface area contributed by atoms with Crippen LogP contribution in [0.2, 0.25) is 0 Å². The highest BCUT2D eigenvalue weighted by atomic mass is 127. The molecule has 0 aliphatic heterocycles. The summed E-state index contributed by atoms with van der Waals surface area (Å²) in [6, 6.07) is 12.7. The third-order valence-corrected chi connectivity index (χ3v) is 4.03. The van der Waals surface area contributed by atoms with Crippen molar-refractivity contribution in [3.8, 4) is 5.75 Å². The molecular weight excluding hydrogens is 398 g/mol. The summed E-state index contributed by atoms with van der Waals surface area (Å²) >= 11 is 5.42. The molecule has 0 fully saturated rings. The van der Waals surface area contributed by atoms with Crippen LogP contribution in [-0.2, 0) is 6.61 Å². The molecule has 0 aromatic heterocycles. The monoisotopic (exact) mass is 406 g/mol. The zero-order chi connectivity index (χ0) is 12.3. The van der Waals surface area contributed by atoms with Crippen molar-refractivity contribution in [1.82, 2.24) is 0 Å². The van der Waals surface area contributed by atoms with Gasteiger partial charge in [-0.1, -0.05) is 24.3 Å². The molecule has 0 saturated carbocycles. The number of para-hydroxylation sites is 1. The first-order chi connectivity index (χ1) is 8.18. The van der Waals surface area contributed by atoms with Crippen LogP contribution in [0.4, 0.5) is 4.39 Å². The molecular formula is C13H9BrFIO. The molecule has 0 spiro atoms. The highest BCUT2D eigenvalue weighted by Gasteiger charge is 2.06. The number of benzene rings is 2. The van der Waals surface area contributed by atoms with Gasteiger partial charge in [-0.2, -0.15) is 0 Å². The summed E-state index contributed by atoms with van der Waals surface area (Å²) in [5.41, 5.74) is 0.796. The molecule has 4 heteroatoms. The largest absolute Gasteiger partial charge is 0.488 e. The Labute approximate surface area is 121 Å². The van der Waals surface area contributed by atoms with Crippen molar-refractivity contribution < 1.29 is 9.13 Å². The first-order valence-corrected chi connectivity index (χ1v) is 6.86. The van der Waals surface area contributed by atoms with Crippen LogP contribution in [0.5, 0.6) is 5.75 Å². The molecule has 0 amide bonds. The van der Waals surface area contributed by atoms with Gasteiger partial charge in [0.05, 0.1) is 8.04 Å². The van der Waals surface area contributed by atoms with Crippen molar-refractivity contribution in [2.45, 2.75) is 6.61 Å². The van der Waals surface area contributed by atoms with Gasteiger partial charge in [0.25, 0.3) is 0 Å². The van der Waals surface area contributed by atoms with Gasteiger partial charge < -0.3 is 4.74 Å². The van der Waals surface area contributed by atoms with Crippen molar-refractivity contribution >= 4 is 38.5 Å². The molecule has 1 nitrogen and oxygen atoms in total. The Kier molecular flexibility index (Phi) is 4.39. The summed E-state index contributed by atoms with van der Waals surface area (Å²) in [5.74, 6) is 0.540. The van der Waals surface area contributed by atoms with Crippen molar-refractivity contribution in [3.63, 3.8) is 0 Å². The van der Waals surface area contributed by atoms with E-state index in [1.807, 2.05) is 30.3 Å². The Morgan fingerprint density at radius 3 is 2.65 bits per heavy atom. The molecule has 0 radical (unpaired) electrons. The number of ether oxygens (including phenoxy) is 1. The van der Waals surface area contributed by atoms with Gasteiger partial charge >= 0.3 is 0 Å². The van der Waals surface area contributed by atoms with Gasteiger partial charge in [-0.05, 0) is 56.7 Å². The zero-order valence-corrected chi connectivity index (χ0v) is 12.5. The third-order valence-electron chi connectivity index (χ3n) is 2.25. The van der Waals surface area contributed by atoms with Gasteiger partial charge in [-0.15, -0.1) is 0 Å². The average molecular weight is 407 g/mol. The van der Waals surface area contributed by atoms with Gasteiger partial charge in [0.2, 0.25) is 0 Å². The first kappa shape index (κ1) is 12.8. The Balaban J connectivity index is 2.13. The third kappa shape index (κ3) is 3.19. The second kappa shape index (κ2) is 5.82. The van der Waals surface area contributed by atoms with E-state index < -0.39 is 0 Å². The minimum Gasteiger partial charge on any atom is -0.488 e. The molecule has 0 unspecified atom stereocenters. The average Bonchev–Trinajstić information content (AvgIpc) is 2.33. The van der Waals surface area contributed by atoms with Crippen LogP contribution in [0.25, 0.3) is 0 Å². The van der Waals surface area contributed by atoms with E-state index in [0.717, 1.165) is 14.9 Å². The topological polar surface area (TPSA) is 9.23 Å². The van der Waals surface area contributed by atoms with Crippen molar-refractivity contribution in [3.05, 3.63) is 61.9 Å². The van der Waals surface area contributed by atoms with Crippen LogP contribution in [0.1, 0.15) is 5.56 Å². The van der Waals surface area contributed by atoms with E-state index in [9.17, 15) is 4.39 Å². The molecule has 0 atom stereocenters. The predicted octanol–water partition coefficient (Wildman–Crippen LogP) is 4.77. The van der Waals surface area contributed by atoms with Gasteiger partial charge in [0.15, 0.2) is 0 Å². The molecule has 0 bridgehead atoms. The fourth-order valence-electron chi connectivity index (χ4n) is 1.38. The Hall–Kier alpha value is -0.620. The summed E-state index contributed by atoms with van der Waals surface area (Å²) < 4.78 is 20.4.